The number of fused-ring (bicyclic) bond motifs is 4. The van der Waals surface area contributed by atoms with Gasteiger partial charge in [-0.2, -0.15) is 0 Å². The molecule has 5 atom stereocenters. The Bertz CT molecular complexity index is 1590. The molecule has 1 saturated heterocycles. The standard InChI is InChI=1S/C30H33N3O8/c1-32(2)23-19-10-16-9-15-8-14-4-3-13(11-33-6-5-17(34)12-33)7-18(14)24(35)20(15)25(36)21(16)27(38)30(19,41)28(39)22(26(23)37)29(31)40/h3-4,7-8,16-17,19,23,34-35,37-38,41H,5-6,9-12H2,1-2H3,(H2,31,40)/t16-,17+,19-,23-,30-/m0/s1. The number of primary amides is 1. The molecule has 4 aliphatic rings. The number of hydrogen-bond acceptors (Lipinski definition) is 10. The number of amides is 1. The van der Waals surface area contributed by atoms with E-state index < -0.39 is 58.0 Å². The van der Waals surface area contributed by atoms with Gasteiger partial charge in [0.25, 0.3) is 5.91 Å². The minimum absolute atomic E-state index is 0.00738. The van der Waals surface area contributed by atoms with Crippen LogP contribution in [0.1, 0.15) is 34.3 Å². The number of likely N-dealkylation sites (tertiary alicyclic amines) is 1. The van der Waals surface area contributed by atoms with Gasteiger partial charge >= 0.3 is 0 Å². The molecule has 0 spiro atoms. The van der Waals surface area contributed by atoms with Crippen molar-refractivity contribution in [3.63, 3.8) is 0 Å². The van der Waals surface area contributed by atoms with Crippen molar-refractivity contribution in [3.8, 4) is 5.75 Å². The molecule has 0 bridgehead atoms. The van der Waals surface area contributed by atoms with Crippen molar-refractivity contribution in [3.05, 3.63) is 63.6 Å². The summed E-state index contributed by atoms with van der Waals surface area (Å²) in [6.45, 7) is 1.88. The van der Waals surface area contributed by atoms with Crippen molar-refractivity contribution < 1.29 is 39.9 Å². The molecule has 41 heavy (non-hydrogen) atoms. The third kappa shape index (κ3) is 3.91. The Labute approximate surface area is 235 Å². The lowest BCUT2D eigenvalue weighted by Crippen LogP contribution is -2.63. The van der Waals surface area contributed by atoms with Crippen LogP contribution in [0.25, 0.3) is 10.8 Å². The summed E-state index contributed by atoms with van der Waals surface area (Å²) in [6.07, 6.45) is 0.619. The third-order valence-electron chi connectivity index (χ3n) is 9.25. The number of Topliss-reactive ketones (excluding diaryl/α,β-unsaturated/α-hetero) is 2. The number of nitrogens with zero attached hydrogens (tertiary/aromatic N) is 2. The van der Waals surface area contributed by atoms with Gasteiger partial charge in [0, 0.05) is 36.5 Å². The highest BCUT2D eigenvalue weighted by atomic mass is 16.3. The molecule has 1 fully saturated rings. The SMILES string of the molecule is CN(C)[C@@H]1C(O)=C(C(N)=O)C(=O)[C@@]2(O)C(O)=C3C(=O)c4c(cc5ccc(CN6CC[C@@H](O)C6)cc5c4O)C[C@H]3C[C@@H]12. The van der Waals surface area contributed by atoms with E-state index in [9.17, 15) is 39.9 Å². The number of aromatic hydroxyl groups is 1. The first-order valence-corrected chi connectivity index (χ1v) is 13.7. The fourth-order valence-corrected chi connectivity index (χ4v) is 7.38. The fourth-order valence-electron chi connectivity index (χ4n) is 7.38. The molecule has 1 aliphatic heterocycles. The van der Waals surface area contributed by atoms with Gasteiger partial charge in [-0.15, -0.1) is 0 Å². The molecule has 0 unspecified atom stereocenters. The van der Waals surface area contributed by atoms with Crippen molar-refractivity contribution in [2.45, 2.75) is 43.6 Å². The number of phenols is 1. The van der Waals surface area contributed by atoms with Crippen LogP contribution in [0.5, 0.6) is 5.75 Å². The van der Waals surface area contributed by atoms with Crippen molar-refractivity contribution in [1.29, 1.82) is 0 Å². The number of phenolic OH excluding ortho intramolecular Hbond substituents is 1. The highest BCUT2D eigenvalue weighted by molar-refractivity contribution is 6.25. The number of aliphatic hydroxyl groups is 4. The van der Waals surface area contributed by atoms with E-state index in [4.69, 9.17) is 5.73 Å². The molecule has 11 nitrogen and oxygen atoms in total. The predicted molar refractivity (Wildman–Crippen MR) is 147 cm³/mol. The maximum absolute atomic E-state index is 13.9. The van der Waals surface area contributed by atoms with Gasteiger partial charge in [0.2, 0.25) is 5.78 Å². The van der Waals surface area contributed by atoms with E-state index >= 15 is 0 Å². The first-order valence-electron chi connectivity index (χ1n) is 13.7. The van der Waals surface area contributed by atoms with Gasteiger partial charge in [0.1, 0.15) is 22.8 Å². The first-order chi connectivity index (χ1) is 19.3. The Balaban J connectivity index is 1.46. The molecule has 2 aromatic rings. The van der Waals surface area contributed by atoms with E-state index in [1.165, 1.54) is 4.90 Å². The largest absolute Gasteiger partial charge is 0.510 e. The van der Waals surface area contributed by atoms with Crippen LogP contribution in [0.15, 0.2) is 46.9 Å². The summed E-state index contributed by atoms with van der Waals surface area (Å²) >= 11 is 0. The van der Waals surface area contributed by atoms with Crippen LogP contribution in [0.3, 0.4) is 0 Å². The topological polar surface area (TPSA) is 185 Å². The van der Waals surface area contributed by atoms with E-state index in [-0.39, 0.29) is 35.8 Å². The van der Waals surface area contributed by atoms with Crippen LogP contribution in [-0.2, 0) is 22.6 Å². The molecule has 11 heteroatoms. The second kappa shape index (κ2) is 9.38. The minimum atomic E-state index is -2.66. The first kappa shape index (κ1) is 27.4. The van der Waals surface area contributed by atoms with Gasteiger partial charge in [0.15, 0.2) is 11.4 Å². The molecule has 0 aromatic heterocycles. The Hall–Kier alpha value is -3.77. The molecule has 2 aromatic carbocycles. The van der Waals surface area contributed by atoms with Crippen molar-refractivity contribution in [2.24, 2.45) is 17.6 Å². The Kier molecular flexibility index (Phi) is 6.27. The average Bonchev–Trinajstić information content (AvgIpc) is 3.30. The van der Waals surface area contributed by atoms with E-state index in [1.54, 1.807) is 20.2 Å². The van der Waals surface area contributed by atoms with Crippen LogP contribution in [0.2, 0.25) is 0 Å². The number of carbonyl (C=O) groups excluding carboxylic acids is 3. The lowest BCUT2D eigenvalue weighted by atomic mass is 9.58. The molecule has 0 saturated carbocycles. The molecular formula is C30H33N3O8. The highest BCUT2D eigenvalue weighted by Crippen LogP contribution is 2.52. The third-order valence-corrected chi connectivity index (χ3v) is 9.25. The van der Waals surface area contributed by atoms with E-state index in [1.807, 2.05) is 18.2 Å². The van der Waals surface area contributed by atoms with Gasteiger partial charge in [-0.3, -0.25) is 24.2 Å². The number of hydrogen-bond donors (Lipinski definition) is 6. The highest BCUT2D eigenvalue weighted by Gasteiger charge is 2.63. The number of likely N-dealkylation sites (N-methyl/N-ethyl adjacent to an activating group) is 1. The molecule has 3 aliphatic carbocycles. The summed E-state index contributed by atoms with van der Waals surface area (Å²) in [6, 6.07) is 6.42. The molecular weight excluding hydrogens is 530 g/mol. The second-order valence-electron chi connectivity index (χ2n) is 12.0. The van der Waals surface area contributed by atoms with Gasteiger partial charge in [-0.1, -0.05) is 18.2 Å². The zero-order valence-corrected chi connectivity index (χ0v) is 22.8. The van der Waals surface area contributed by atoms with Gasteiger partial charge in [-0.05, 0) is 61.9 Å². The van der Waals surface area contributed by atoms with Gasteiger partial charge < -0.3 is 31.3 Å². The molecule has 6 rings (SSSR count). The van der Waals surface area contributed by atoms with Crippen LogP contribution in [0.4, 0.5) is 0 Å². The number of aliphatic hydroxyl groups excluding tert-OH is 3. The monoisotopic (exact) mass is 563 g/mol. The number of nitrogens with two attached hydrogens (primary N) is 1. The zero-order chi connectivity index (χ0) is 29.5. The maximum atomic E-state index is 13.9. The van der Waals surface area contributed by atoms with Gasteiger partial charge in [-0.25, -0.2) is 0 Å². The summed E-state index contributed by atoms with van der Waals surface area (Å²) in [5.74, 6) is -6.62. The van der Waals surface area contributed by atoms with Crippen molar-refractivity contribution >= 4 is 28.2 Å². The van der Waals surface area contributed by atoms with Crippen LogP contribution >= 0.6 is 0 Å². The maximum Gasteiger partial charge on any atom is 0.255 e. The molecule has 1 heterocycles. The summed E-state index contributed by atoms with van der Waals surface area (Å²) in [5, 5.41) is 56.4. The number of carbonyl (C=O) groups is 3. The number of allylic oxidation sites excluding steroid dienone is 1. The van der Waals surface area contributed by atoms with E-state index in [0.717, 1.165) is 17.5 Å². The predicted octanol–water partition coefficient (Wildman–Crippen LogP) is 0.840. The quantitative estimate of drug-likeness (QED) is 0.291. The summed E-state index contributed by atoms with van der Waals surface area (Å²) in [5.41, 5.74) is 3.17. The zero-order valence-electron chi connectivity index (χ0n) is 22.8. The van der Waals surface area contributed by atoms with Crippen molar-refractivity contribution in [1.82, 2.24) is 9.80 Å². The summed E-state index contributed by atoms with van der Waals surface area (Å²) in [4.78, 5) is 43.1. The number of ketones is 2. The Morgan fingerprint density at radius 2 is 1.90 bits per heavy atom. The Morgan fingerprint density at radius 1 is 1.17 bits per heavy atom. The number of benzene rings is 2. The van der Waals surface area contributed by atoms with E-state index in [2.05, 4.69) is 4.90 Å². The molecule has 216 valence electrons. The Morgan fingerprint density at radius 3 is 2.54 bits per heavy atom. The fraction of sp³-hybridized carbons (Fsp3) is 0.433. The van der Waals surface area contributed by atoms with Crippen LogP contribution in [0, 0.1) is 11.8 Å². The smallest absolute Gasteiger partial charge is 0.255 e. The molecule has 1 amide bonds. The normalized spacial score (nSPS) is 30.2. The number of β-amino-alcohol motifs (C(OH)–C–C–N with tert-alkyl or cyclic N) is 1. The summed E-state index contributed by atoms with van der Waals surface area (Å²) in [7, 11) is 3.19. The summed E-state index contributed by atoms with van der Waals surface area (Å²) < 4.78 is 0. The van der Waals surface area contributed by atoms with Gasteiger partial charge in [0.05, 0.1) is 17.7 Å². The lowest BCUT2D eigenvalue weighted by molar-refractivity contribution is -0.148. The van der Waals surface area contributed by atoms with E-state index in [0.29, 0.717) is 30.5 Å². The van der Waals surface area contributed by atoms with Crippen LogP contribution < -0.4 is 5.73 Å². The van der Waals surface area contributed by atoms with Crippen LogP contribution in [-0.4, -0.2) is 97.7 Å². The molecule has 7 N–H and O–H groups in total. The molecule has 0 radical (unpaired) electrons. The minimum Gasteiger partial charge on any atom is -0.510 e. The average molecular weight is 564 g/mol. The lowest BCUT2D eigenvalue weighted by Gasteiger charge is -2.50. The number of rotatable bonds is 4. The van der Waals surface area contributed by atoms with Crippen molar-refractivity contribution in [2.75, 3.05) is 27.2 Å². The second-order valence-corrected chi connectivity index (χ2v) is 12.0.